The highest BCUT2D eigenvalue weighted by Crippen LogP contribution is 2.29. The van der Waals surface area contributed by atoms with Gasteiger partial charge in [0.05, 0.1) is 4.47 Å². The minimum absolute atomic E-state index is 0.105. The summed E-state index contributed by atoms with van der Waals surface area (Å²) in [5.74, 6) is -1.71. The normalized spacial score (nSPS) is 12.4. The van der Waals surface area contributed by atoms with Crippen LogP contribution in [0.4, 0.5) is 8.78 Å². The fourth-order valence-electron chi connectivity index (χ4n) is 1.93. The third-order valence-electron chi connectivity index (χ3n) is 2.98. The van der Waals surface area contributed by atoms with Crippen molar-refractivity contribution in [1.29, 1.82) is 0 Å². The minimum atomic E-state index is -0.854. The highest BCUT2D eigenvalue weighted by atomic mass is 79.9. The van der Waals surface area contributed by atoms with E-state index in [1.165, 1.54) is 0 Å². The Hall–Kier alpha value is -1.33. The third-order valence-corrected chi connectivity index (χ3v) is 3.78. The molecule has 100 valence electrons. The molecule has 0 fully saturated rings. The van der Waals surface area contributed by atoms with Crippen molar-refractivity contribution in [3.8, 4) is 0 Å². The second-order valence-electron chi connectivity index (χ2n) is 4.17. The molecule has 1 aromatic heterocycles. The third kappa shape index (κ3) is 3.16. The molecule has 1 atom stereocenters. The lowest BCUT2D eigenvalue weighted by Crippen LogP contribution is -2.20. The van der Waals surface area contributed by atoms with E-state index >= 15 is 0 Å². The summed E-state index contributed by atoms with van der Waals surface area (Å²) in [5.41, 5.74) is 1.77. The number of aromatic nitrogens is 1. The average Bonchev–Trinajstić information content (AvgIpc) is 2.44. The van der Waals surface area contributed by atoms with Crippen molar-refractivity contribution in [3.63, 3.8) is 0 Å². The number of likely N-dealkylation sites (N-methyl/N-ethyl adjacent to an activating group) is 1. The van der Waals surface area contributed by atoms with Crippen LogP contribution >= 0.6 is 15.9 Å². The average molecular weight is 327 g/mol. The van der Waals surface area contributed by atoms with Gasteiger partial charge < -0.3 is 5.32 Å². The van der Waals surface area contributed by atoms with Crippen LogP contribution in [0.25, 0.3) is 0 Å². The smallest absolute Gasteiger partial charge is 0.173 e. The highest BCUT2D eigenvalue weighted by Gasteiger charge is 2.18. The molecule has 0 amide bonds. The maximum absolute atomic E-state index is 13.6. The van der Waals surface area contributed by atoms with E-state index in [0.717, 1.165) is 11.6 Å². The van der Waals surface area contributed by atoms with Gasteiger partial charge >= 0.3 is 0 Å². The molecule has 1 aromatic carbocycles. The summed E-state index contributed by atoms with van der Waals surface area (Å²) in [6.45, 7) is 0. The number of nitrogens with zero attached hydrogens (tertiary/aromatic N) is 1. The molecule has 19 heavy (non-hydrogen) atoms. The van der Waals surface area contributed by atoms with Gasteiger partial charge in [0, 0.05) is 18.4 Å². The second kappa shape index (κ2) is 6.21. The zero-order chi connectivity index (χ0) is 13.8. The van der Waals surface area contributed by atoms with Crippen molar-refractivity contribution in [2.45, 2.75) is 12.5 Å². The van der Waals surface area contributed by atoms with E-state index in [4.69, 9.17) is 0 Å². The van der Waals surface area contributed by atoms with Gasteiger partial charge in [-0.25, -0.2) is 8.78 Å². The van der Waals surface area contributed by atoms with Gasteiger partial charge in [0.1, 0.15) is 0 Å². The summed E-state index contributed by atoms with van der Waals surface area (Å²) < 4.78 is 26.9. The van der Waals surface area contributed by atoms with E-state index in [1.807, 2.05) is 12.1 Å². The number of halogens is 3. The van der Waals surface area contributed by atoms with Crippen LogP contribution in [-0.4, -0.2) is 12.0 Å². The van der Waals surface area contributed by atoms with Crippen LogP contribution in [0.15, 0.2) is 41.1 Å². The number of rotatable bonds is 4. The molecule has 0 spiro atoms. The first-order valence-electron chi connectivity index (χ1n) is 5.83. The first-order valence-corrected chi connectivity index (χ1v) is 6.62. The van der Waals surface area contributed by atoms with Crippen molar-refractivity contribution in [1.82, 2.24) is 10.3 Å². The second-order valence-corrected chi connectivity index (χ2v) is 4.96. The monoisotopic (exact) mass is 326 g/mol. The Morgan fingerprint density at radius 1 is 1.21 bits per heavy atom. The van der Waals surface area contributed by atoms with Gasteiger partial charge in [-0.2, -0.15) is 0 Å². The van der Waals surface area contributed by atoms with Crippen molar-refractivity contribution in [2.24, 2.45) is 0 Å². The fraction of sp³-hybridized carbons (Fsp3) is 0.214. The molecule has 0 saturated carbocycles. The molecule has 0 radical (unpaired) electrons. The summed E-state index contributed by atoms with van der Waals surface area (Å²) >= 11 is 3.12. The summed E-state index contributed by atoms with van der Waals surface area (Å²) in [6, 6.07) is 6.43. The topological polar surface area (TPSA) is 24.9 Å². The van der Waals surface area contributed by atoms with Gasteiger partial charge in [-0.1, -0.05) is 6.07 Å². The lowest BCUT2D eigenvalue weighted by Gasteiger charge is -2.18. The van der Waals surface area contributed by atoms with Crippen molar-refractivity contribution in [2.75, 3.05) is 7.05 Å². The Kier molecular flexibility index (Phi) is 4.61. The molecular weight excluding hydrogens is 314 g/mol. The molecular formula is C14H13BrF2N2. The Morgan fingerprint density at radius 3 is 2.53 bits per heavy atom. The van der Waals surface area contributed by atoms with Gasteiger partial charge in [0.25, 0.3) is 0 Å². The largest absolute Gasteiger partial charge is 0.313 e. The summed E-state index contributed by atoms with van der Waals surface area (Å²) in [6.07, 6.45) is 4.09. The summed E-state index contributed by atoms with van der Waals surface area (Å²) in [7, 11) is 1.79. The predicted octanol–water partition coefficient (Wildman–Crippen LogP) is 3.63. The standard InChI is InChI=1S/C14H13BrF2N2/c1-18-12(8-9-4-6-19-7-5-9)10-2-3-11(16)14(17)13(10)15/h2-7,12,18H,8H2,1H3. The Balaban J connectivity index is 2.30. The van der Waals surface area contributed by atoms with Crippen LogP contribution in [0.2, 0.25) is 0 Å². The molecule has 2 rings (SSSR count). The molecule has 0 aliphatic heterocycles. The van der Waals surface area contributed by atoms with Crippen LogP contribution in [0.5, 0.6) is 0 Å². The molecule has 2 aromatic rings. The molecule has 5 heteroatoms. The highest BCUT2D eigenvalue weighted by molar-refractivity contribution is 9.10. The van der Waals surface area contributed by atoms with E-state index in [-0.39, 0.29) is 10.5 Å². The summed E-state index contributed by atoms with van der Waals surface area (Å²) in [4.78, 5) is 3.96. The summed E-state index contributed by atoms with van der Waals surface area (Å²) in [5, 5.41) is 3.11. The molecule has 1 heterocycles. The lowest BCUT2D eigenvalue weighted by molar-refractivity contribution is 0.495. The van der Waals surface area contributed by atoms with Gasteiger partial charge in [0.15, 0.2) is 11.6 Å². The molecule has 1 unspecified atom stereocenters. The first-order chi connectivity index (χ1) is 9.13. The van der Waals surface area contributed by atoms with E-state index in [9.17, 15) is 8.78 Å². The van der Waals surface area contributed by atoms with Gasteiger partial charge in [-0.05, 0) is 58.7 Å². The number of benzene rings is 1. The van der Waals surface area contributed by atoms with E-state index in [1.54, 1.807) is 25.5 Å². The van der Waals surface area contributed by atoms with Crippen molar-refractivity contribution >= 4 is 15.9 Å². The van der Waals surface area contributed by atoms with Gasteiger partial charge in [-0.3, -0.25) is 4.98 Å². The molecule has 0 bridgehead atoms. The molecule has 2 nitrogen and oxygen atoms in total. The molecule has 0 aliphatic rings. The van der Waals surface area contributed by atoms with E-state index in [0.29, 0.717) is 12.0 Å². The number of hydrogen-bond donors (Lipinski definition) is 1. The van der Waals surface area contributed by atoms with E-state index < -0.39 is 11.6 Å². The van der Waals surface area contributed by atoms with Gasteiger partial charge in [0.2, 0.25) is 0 Å². The molecule has 0 aliphatic carbocycles. The van der Waals surface area contributed by atoms with Crippen LogP contribution in [0.3, 0.4) is 0 Å². The van der Waals surface area contributed by atoms with Crippen molar-refractivity contribution in [3.05, 3.63) is 63.9 Å². The fourth-order valence-corrected chi connectivity index (χ4v) is 2.53. The number of pyridine rings is 1. The quantitative estimate of drug-likeness (QED) is 0.868. The maximum atomic E-state index is 13.6. The minimum Gasteiger partial charge on any atom is -0.313 e. The Bertz CT molecular complexity index is 561. The molecule has 1 N–H and O–H groups in total. The van der Waals surface area contributed by atoms with Crippen molar-refractivity contribution < 1.29 is 8.78 Å². The number of nitrogens with one attached hydrogen (secondary N) is 1. The zero-order valence-electron chi connectivity index (χ0n) is 10.3. The molecule has 0 saturated heterocycles. The van der Waals surface area contributed by atoms with E-state index in [2.05, 4.69) is 26.2 Å². The predicted molar refractivity (Wildman–Crippen MR) is 73.8 cm³/mol. The Labute approximate surface area is 119 Å². The number of hydrogen-bond acceptors (Lipinski definition) is 2. The first kappa shape index (κ1) is 14.1. The lowest BCUT2D eigenvalue weighted by atomic mass is 9.99. The van der Waals surface area contributed by atoms with Crippen LogP contribution in [0, 0.1) is 11.6 Å². The van der Waals surface area contributed by atoms with Gasteiger partial charge in [-0.15, -0.1) is 0 Å². The SMILES string of the molecule is CNC(Cc1ccncc1)c1ccc(F)c(F)c1Br. The van der Waals surface area contributed by atoms with Crippen LogP contribution in [0.1, 0.15) is 17.2 Å². The van der Waals surface area contributed by atoms with Crippen LogP contribution < -0.4 is 5.32 Å². The maximum Gasteiger partial charge on any atom is 0.173 e. The Morgan fingerprint density at radius 2 is 1.89 bits per heavy atom. The van der Waals surface area contributed by atoms with Crippen LogP contribution in [-0.2, 0) is 6.42 Å². The zero-order valence-corrected chi connectivity index (χ0v) is 11.9.